The summed E-state index contributed by atoms with van der Waals surface area (Å²) in [5.41, 5.74) is 7.09. The maximum absolute atomic E-state index is 13.2. The number of amides is 1. The highest BCUT2D eigenvalue weighted by atomic mass is 19.1. The second-order valence-electron chi connectivity index (χ2n) is 6.51. The zero-order valence-electron chi connectivity index (χ0n) is 13.6. The molecule has 1 aliphatic heterocycles. The number of hydrogen-bond acceptors (Lipinski definition) is 2. The van der Waals surface area contributed by atoms with Gasteiger partial charge in [0, 0.05) is 13.1 Å². The first-order valence-corrected chi connectivity index (χ1v) is 8.30. The van der Waals surface area contributed by atoms with E-state index >= 15 is 0 Å². The molecule has 1 fully saturated rings. The van der Waals surface area contributed by atoms with Gasteiger partial charge in [-0.3, -0.25) is 4.79 Å². The van der Waals surface area contributed by atoms with Crippen molar-refractivity contribution in [2.24, 2.45) is 17.6 Å². The molecule has 2 rings (SSSR count). The zero-order chi connectivity index (χ0) is 16.1. The maximum Gasteiger partial charge on any atom is 0.239 e. The minimum absolute atomic E-state index is 0.0820. The summed E-state index contributed by atoms with van der Waals surface area (Å²) in [6, 6.07) is 6.43. The summed E-state index contributed by atoms with van der Waals surface area (Å²) in [6.45, 7) is 5.62. The Morgan fingerprint density at radius 1 is 1.41 bits per heavy atom. The van der Waals surface area contributed by atoms with Crippen LogP contribution in [0.2, 0.25) is 0 Å². The number of rotatable bonds is 5. The van der Waals surface area contributed by atoms with Gasteiger partial charge in [-0.25, -0.2) is 4.39 Å². The molecule has 1 saturated heterocycles. The molecule has 0 bridgehead atoms. The van der Waals surface area contributed by atoms with Crippen molar-refractivity contribution >= 4 is 5.91 Å². The molecule has 0 radical (unpaired) electrons. The van der Waals surface area contributed by atoms with E-state index in [1.54, 1.807) is 12.1 Å². The summed E-state index contributed by atoms with van der Waals surface area (Å²) < 4.78 is 13.2. The first-order chi connectivity index (χ1) is 10.5. The molecule has 2 unspecified atom stereocenters. The molecule has 3 nitrogen and oxygen atoms in total. The molecule has 122 valence electrons. The molecule has 22 heavy (non-hydrogen) atoms. The summed E-state index contributed by atoms with van der Waals surface area (Å²) in [7, 11) is 0. The third-order valence-corrected chi connectivity index (χ3v) is 4.88. The van der Waals surface area contributed by atoms with E-state index in [0.717, 1.165) is 44.3 Å². The van der Waals surface area contributed by atoms with Crippen molar-refractivity contribution in [1.29, 1.82) is 0 Å². The van der Waals surface area contributed by atoms with Crippen LogP contribution in [0.3, 0.4) is 0 Å². The van der Waals surface area contributed by atoms with Crippen LogP contribution in [0.4, 0.5) is 4.39 Å². The number of nitrogens with zero attached hydrogens (tertiary/aromatic N) is 1. The lowest BCUT2D eigenvalue weighted by molar-refractivity contribution is -0.135. The summed E-state index contributed by atoms with van der Waals surface area (Å²) >= 11 is 0. The Bertz CT molecular complexity index is 498. The van der Waals surface area contributed by atoms with Crippen LogP contribution in [-0.2, 0) is 11.2 Å². The van der Waals surface area contributed by atoms with Gasteiger partial charge in [-0.05, 0) is 48.8 Å². The van der Waals surface area contributed by atoms with E-state index in [1.807, 2.05) is 17.9 Å². The molecule has 2 N–H and O–H groups in total. The molecule has 4 heteroatoms. The van der Waals surface area contributed by atoms with E-state index < -0.39 is 0 Å². The first kappa shape index (κ1) is 16.9. The van der Waals surface area contributed by atoms with Crippen LogP contribution >= 0.6 is 0 Å². The number of carbonyl (C=O) groups excluding carboxylic acids is 1. The van der Waals surface area contributed by atoms with Crippen molar-refractivity contribution in [3.8, 4) is 0 Å². The van der Waals surface area contributed by atoms with Crippen molar-refractivity contribution in [3.05, 3.63) is 35.6 Å². The SMILES string of the molecule is CCC(C)C(N)C(=O)N1CCC(Cc2cccc(F)c2)CC1. The van der Waals surface area contributed by atoms with Crippen LogP contribution in [-0.4, -0.2) is 29.9 Å². The molecule has 0 saturated carbocycles. The van der Waals surface area contributed by atoms with Crippen molar-refractivity contribution < 1.29 is 9.18 Å². The number of halogens is 1. The van der Waals surface area contributed by atoms with Crippen LogP contribution in [0.5, 0.6) is 0 Å². The Morgan fingerprint density at radius 2 is 2.09 bits per heavy atom. The maximum atomic E-state index is 13.2. The van der Waals surface area contributed by atoms with Gasteiger partial charge in [-0.1, -0.05) is 32.4 Å². The van der Waals surface area contributed by atoms with Gasteiger partial charge in [-0.15, -0.1) is 0 Å². The highest BCUT2D eigenvalue weighted by Gasteiger charge is 2.28. The summed E-state index contributed by atoms with van der Waals surface area (Å²) in [4.78, 5) is 14.3. The molecule has 1 aliphatic rings. The average molecular weight is 306 g/mol. The van der Waals surface area contributed by atoms with Gasteiger partial charge < -0.3 is 10.6 Å². The van der Waals surface area contributed by atoms with Crippen molar-refractivity contribution in [2.75, 3.05) is 13.1 Å². The Morgan fingerprint density at radius 3 is 2.68 bits per heavy atom. The van der Waals surface area contributed by atoms with E-state index in [1.165, 1.54) is 6.07 Å². The van der Waals surface area contributed by atoms with Gasteiger partial charge in [0.15, 0.2) is 0 Å². The van der Waals surface area contributed by atoms with Crippen LogP contribution in [0.1, 0.15) is 38.7 Å². The molecule has 1 heterocycles. The lowest BCUT2D eigenvalue weighted by atomic mass is 9.89. The fourth-order valence-corrected chi connectivity index (χ4v) is 3.06. The normalized spacial score (nSPS) is 19.0. The van der Waals surface area contributed by atoms with Gasteiger partial charge >= 0.3 is 0 Å². The van der Waals surface area contributed by atoms with Crippen LogP contribution < -0.4 is 5.73 Å². The van der Waals surface area contributed by atoms with Crippen molar-refractivity contribution in [2.45, 2.75) is 45.6 Å². The average Bonchev–Trinajstić information content (AvgIpc) is 2.53. The number of nitrogens with two attached hydrogens (primary N) is 1. The van der Waals surface area contributed by atoms with E-state index in [9.17, 15) is 9.18 Å². The topological polar surface area (TPSA) is 46.3 Å². The third kappa shape index (κ3) is 4.29. The monoisotopic (exact) mass is 306 g/mol. The predicted octanol–water partition coefficient (Wildman–Crippen LogP) is 2.98. The third-order valence-electron chi connectivity index (χ3n) is 4.88. The van der Waals surface area contributed by atoms with E-state index in [4.69, 9.17) is 5.73 Å². The molecule has 1 aromatic rings. The Kier molecular flexibility index (Phi) is 5.95. The summed E-state index contributed by atoms with van der Waals surface area (Å²) in [5.74, 6) is 0.645. The Labute approximate surface area is 132 Å². The minimum atomic E-state index is -0.384. The predicted molar refractivity (Wildman–Crippen MR) is 86.8 cm³/mol. The number of benzene rings is 1. The second-order valence-corrected chi connectivity index (χ2v) is 6.51. The quantitative estimate of drug-likeness (QED) is 0.909. The molecule has 1 aromatic carbocycles. The molecule has 1 amide bonds. The Balaban J connectivity index is 1.84. The molecule has 0 aliphatic carbocycles. The van der Waals surface area contributed by atoms with E-state index in [2.05, 4.69) is 6.92 Å². The van der Waals surface area contributed by atoms with Crippen molar-refractivity contribution in [3.63, 3.8) is 0 Å². The lowest BCUT2D eigenvalue weighted by Crippen LogP contribution is -2.49. The van der Waals surface area contributed by atoms with Crippen molar-refractivity contribution in [1.82, 2.24) is 4.90 Å². The number of hydrogen-bond donors (Lipinski definition) is 1. The summed E-state index contributed by atoms with van der Waals surface area (Å²) in [6.07, 6.45) is 3.74. The standard InChI is InChI=1S/C18H27FN2O/c1-3-13(2)17(20)18(22)21-9-7-14(8-10-21)11-15-5-4-6-16(19)12-15/h4-6,12-14,17H,3,7-11,20H2,1-2H3. The van der Waals surface area contributed by atoms with Crippen LogP contribution in [0.15, 0.2) is 24.3 Å². The fraction of sp³-hybridized carbons (Fsp3) is 0.611. The number of piperidine rings is 1. The first-order valence-electron chi connectivity index (χ1n) is 8.30. The fourth-order valence-electron chi connectivity index (χ4n) is 3.06. The van der Waals surface area contributed by atoms with E-state index in [0.29, 0.717) is 5.92 Å². The van der Waals surface area contributed by atoms with E-state index in [-0.39, 0.29) is 23.7 Å². The van der Waals surface area contributed by atoms with Gasteiger partial charge in [0.25, 0.3) is 0 Å². The molecule has 2 atom stereocenters. The molecular weight excluding hydrogens is 279 g/mol. The van der Waals surface area contributed by atoms with Gasteiger partial charge in [-0.2, -0.15) is 0 Å². The smallest absolute Gasteiger partial charge is 0.239 e. The van der Waals surface area contributed by atoms with Crippen LogP contribution in [0.25, 0.3) is 0 Å². The lowest BCUT2D eigenvalue weighted by Gasteiger charge is -2.34. The van der Waals surface area contributed by atoms with Gasteiger partial charge in [0.2, 0.25) is 5.91 Å². The highest BCUT2D eigenvalue weighted by molar-refractivity contribution is 5.82. The minimum Gasteiger partial charge on any atom is -0.341 e. The van der Waals surface area contributed by atoms with Gasteiger partial charge in [0.05, 0.1) is 6.04 Å². The van der Waals surface area contributed by atoms with Crippen LogP contribution in [0, 0.1) is 17.7 Å². The molecule has 0 spiro atoms. The highest BCUT2D eigenvalue weighted by Crippen LogP contribution is 2.23. The number of likely N-dealkylation sites (tertiary alicyclic amines) is 1. The molecular formula is C18H27FN2O. The Hall–Kier alpha value is -1.42. The second kappa shape index (κ2) is 7.73. The van der Waals surface area contributed by atoms with Gasteiger partial charge in [0.1, 0.15) is 5.82 Å². The zero-order valence-corrected chi connectivity index (χ0v) is 13.6. The number of carbonyl (C=O) groups is 1. The summed E-state index contributed by atoms with van der Waals surface area (Å²) in [5, 5.41) is 0. The molecule has 0 aromatic heterocycles. The largest absolute Gasteiger partial charge is 0.341 e.